The summed E-state index contributed by atoms with van der Waals surface area (Å²) in [4.78, 5) is 0. The van der Waals surface area contributed by atoms with Crippen molar-refractivity contribution in [3.63, 3.8) is 0 Å². The molecule has 0 saturated heterocycles. The Morgan fingerprint density at radius 3 is 2.16 bits per heavy atom. The van der Waals surface area contributed by atoms with Crippen LogP contribution >= 0.6 is 0 Å². The molecule has 1 aromatic rings. The highest BCUT2D eigenvalue weighted by atomic mass is 16.5. The largest absolute Gasteiger partial charge is 0.495 e. The van der Waals surface area contributed by atoms with Crippen LogP contribution in [0.5, 0.6) is 0 Å². The zero-order valence-corrected chi connectivity index (χ0v) is 14.0. The Kier molecular flexibility index (Phi) is 12.5. The first-order valence-corrected chi connectivity index (χ1v) is 7.09. The van der Waals surface area contributed by atoms with Crippen molar-refractivity contribution in [2.75, 3.05) is 13.7 Å². The van der Waals surface area contributed by atoms with E-state index in [1.807, 2.05) is 34.6 Å². The summed E-state index contributed by atoms with van der Waals surface area (Å²) in [6, 6.07) is 2.11. The van der Waals surface area contributed by atoms with Crippen LogP contribution in [0.15, 0.2) is 12.6 Å². The number of ether oxygens (including phenoxy) is 2. The van der Waals surface area contributed by atoms with Crippen molar-refractivity contribution in [2.45, 2.75) is 55.2 Å². The molecule has 0 saturated carbocycles. The third kappa shape index (κ3) is 5.97. The van der Waals surface area contributed by atoms with Crippen molar-refractivity contribution >= 4 is 5.76 Å². The molecule has 0 N–H and O–H groups in total. The molecule has 0 spiro atoms. The number of methoxy groups -OCH3 is 1. The fraction of sp³-hybridized carbons (Fsp3) is 0.625. The van der Waals surface area contributed by atoms with Gasteiger partial charge in [-0.2, -0.15) is 0 Å². The molecule has 0 bridgehead atoms. The molecule has 0 aliphatic heterocycles. The van der Waals surface area contributed by atoms with Crippen LogP contribution in [0.25, 0.3) is 5.76 Å². The molecule has 0 amide bonds. The summed E-state index contributed by atoms with van der Waals surface area (Å²) in [6.07, 6.45) is 0. The Hall–Kier alpha value is -1.22. The Morgan fingerprint density at radius 2 is 1.74 bits per heavy atom. The molecule has 1 rings (SSSR count). The standard InChI is InChI=1S/C12H19NO2.2C2H6/c1-6-15-8-13-10(3)7-9(2)12(13)11(4)14-5;2*1-2/h7H,4,6,8H2,1-3,5H3;2*1-2H3. The van der Waals surface area contributed by atoms with Crippen LogP contribution in [-0.2, 0) is 16.2 Å². The summed E-state index contributed by atoms with van der Waals surface area (Å²) in [7, 11) is 1.63. The van der Waals surface area contributed by atoms with Crippen molar-refractivity contribution in [1.29, 1.82) is 0 Å². The first-order valence-electron chi connectivity index (χ1n) is 7.09. The van der Waals surface area contributed by atoms with Crippen LogP contribution in [0, 0.1) is 13.8 Å². The highest BCUT2D eigenvalue weighted by Gasteiger charge is 2.12. The van der Waals surface area contributed by atoms with Gasteiger partial charge in [-0.15, -0.1) is 0 Å². The zero-order valence-electron chi connectivity index (χ0n) is 14.0. The molecule has 0 radical (unpaired) electrons. The highest BCUT2D eigenvalue weighted by Crippen LogP contribution is 2.22. The van der Waals surface area contributed by atoms with Crippen LogP contribution in [0.4, 0.5) is 0 Å². The summed E-state index contributed by atoms with van der Waals surface area (Å²) < 4.78 is 12.7. The number of rotatable bonds is 5. The monoisotopic (exact) mass is 269 g/mol. The molecule has 0 aliphatic carbocycles. The molecular formula is C16H31NO2. The van der Waals surface area contributed by atoms with E-state index < -0.39 is 0 Å². The Morgan fingerprint density at radius 1 is 1.21 bits per heavy atom. The Bertz CT molecular complexity index is 354. The maximum Gasteiger partial charge on any atom is 0.135 e. The van der Waals surface area contributed by atoms with Crippen LogP contribution in [0.2, 0.25) is 0 Å². The van der Waals surface area contributed by atoms with Gasteiger partial charge >= 0.3 is 0 Å². The topological polar surface area (TPSA) is 23.4 Å². The second-order valence-corrected chi connectivity index (χ2v) is 3.49. The van der Waals surface area contributed by atoms with E-state index in [2.05, 4.69) is 31.1 Å². The van der Waals surface area contributed by atoms with E-state index in [0.29, 0.717) is 19.1 Å². The summed E-state index contributed by atoms with van der Waals surface area (Å²) in [5.74, 6) is 0.681. The van der Waals surface area contributed by atoms with E-state index in [1.54, 1.807) is 7.11 Å². The molecule has 0 unspecified atom stereocenters. The minimum absolute atomic E-state index is 0.549. The molecule has 1 aromatic heterocycles. The van der Waals surface area contributed by atoms with Crippen molar-refractivity contribution in [3.05, 3.63) is 29.6 Å². The lowest BCUT2D eigenvalue weighted by Crippen LogP contribution is -2.08. The lowest BCUT2D eigenvalue weighted by atomic mass is 10.2. The first kappa shape index (κ1) is 20.1. The normalized spacial score (nSPS) is 8.84. The van der Waals surface area contributed by atoms with Gasteiger partial charge in [-0.3, -0.25) is 0 Å². The Balaban J connectivity index is 0. The van der Waals surface area contributed by atoms with Gasteiger partial charge in [0, 0.05) is 12.3 Å². The van der Waals surface area contributed by atoms with Gasteiger partial charge in [0.15, 0.2) is 0 Å². The molecule has 0 aromatic carbocycles. The lowest BCUT2D eigenvalue weighted by molar-refractivity contribution is 0.0855. The van der Waals surface area contributed by atoms with Gasteiger partial charge in [0.2, 0.25) is 0 Å². The SMILES string of the molecule is C=C(OC)c1c(C)cc(C)n1COCC.CC.CC. The van der Waals surface area contributed by atoms with Crippen LogP contribution in [-0.4, -0.2) is 18.3 Å². The molecular weight excluding hydrogens is 238 g/mol. The third-order valence-corrected chi connectivity index (χ3v) is 2.43. The van der Waals surface area contributed by atoms with E-state index >= 15 is 0 Å². The molecule has 3 nitrogen and oxygen atoms in total. The van der Waals surface area contributed by atoms with Crippen molar-refractivity contribution in [2.24, 2.45) is 0 Å². The van der Waals surface area contributed by atoms with Crippen molar-refractivity contribution in [3.8, 4) is 0 Å². The summed E-state index contributed by atoms with van der Waals surface area (Å²) in [5.41, 5.74) is 3.34. The molecule has 0 fully saturated rings. The quantitative estimate of drug-likeness (QED) is 0.719. The lowest BCUT2D eigenvalue weighted by Gasteiger charge is -2.13. The first-order chi connectivity index (χ1) is 9.11. The fourth-order valence-electron chi connectivity index (χ4n) is 1.66. The van der Waals surface area contributed by atoms with Crippen LogP contribution in [0.1, 0.15) is 51.6 Å². The predicted octanol–water partition coefficient (Wildman–Crippen LogP) is 4.77. The Labute approximate surface area is 119 Å². The van der Waals surface area contributed by atoms with Gasteiger partial charge in [0.05, 0.1) is 12.8 Å². The van der Waals surface area contributed by atoms with Gasteiger partial charge in [-0.05, 0) is 32.4 Å². The predicted molar refractivity (Wildman–Crippen MR) is 84.3 cm³/mol. The fourth-order valence-corrected chi connectivity index (χ4v) is 1.66. The van der Waals surface area contributed by atoms with Crippen LogP contribution in [0.3, 0.4) is 0 Å². The second kappa shape index (κ2) is 11.8. The van der Waals surface area contributed by atoms with Gasteiger partial charge in [-0.1, -0.05) is 34.3 Å². The summed E-state index contributed by atoms with van der Waals surface area (Å²) in [6.45, 7) is 19.2. The van der Waals surface area contributed by atoms with E-state index in [4.69, 9.17) is 9.47 Å². The van der Waals surface area contributed by atoms with Gasteiger partial charge < -0.3 is 14.0 Å². The van der Waals surface area contributed by atoms with Gasteiger partial charge in [0.1, 0.15) is 12.5 Å². The highest BCUT2D eigenvalue weighted by molar-refractivity contribution is 5.58. The summed E-state index contributed by atoms with van der Waals surface area (Å²) >= 11 is 0. The smallest absolute Gasteiger partial charge is 0.135 e. The van der Waals surface area contributed by atoms with Crippen LogP contribution < -0.4 is 0 Å². The average Bonchev–Trinajstić information content (AvgIpc) is 2.74. The van der Waals surface area contributed by atoms with Gasteiger partial charge in [-0.25, -0.2) is 0 Å². The number of hydrogen-bond acceptors (Lipinski definition) is 2. The molecule has 1 heterocycles. The van der Waals surface area contributed by atoms with E-state index in [9.17, 15) is 0 Å². The molecule has 19 heavy (non-hydrogen) atoms. The van der Waals surface area contributed by atoms with Crippen molar-refractivity contribution < 1.29 is 9.47 Å². The maximum atomic E-state index is 5.42. The number of hydrogen-bond donors (Lipinski definition) is 0. The number of aromatic nitrogens is 1. The summed E-state index contributed by atoms with van der Waals surface area (Å²) in [5, 5.41) is 0. The van der Waals surface area contributed by atoms with E-state index in [0.717, 1.165) is 11.4 Å². The maximum absolute atomic E-state index is 5.42. The van der Waals surface area contributed by atoms with E-state index in [1.165, 1.54) is 5.56 Å². The van der Waals surface area contributed by atoms with E-state index in [-0.39, 0.29) is 0 Å². The zero-order chi connectivity index (χ0) is 15.4. The molecule has 3 heteroatoms. The number of aryl methyl sites for hydroxylation is 2. The number of nitrogens with zero attached hydrogens (tertiary/aromatic N) is 1. The minimum Gasteiger partial charge on any atom is -0.495 e. The minimum atomic E-state index is 0.549. The molecule has 112 valence electrons. The second-order valence-electron chi connectivity index (χ2n) is 3.49. The van der Waals surface area contributed by atoms with Gasteiger partial charge in [0.25, 0.3) is 0 Å². The molecule has 0 aliphatic rings. The third-order valence-electron chi connectivity index (χ3n) is 2.43. The molecule has 0 atom stereocenters. The van der Waals surface area contributed by atoms with Crippen molar-refractivity contribution in [1.82, 2.24) is 4.57 Å². The average molecular weight is 269 g/mol.